The van der Waals surface area contributed by atoms with Gasteiger partial charge in [-0.25, -0.2) is 18.1 Å². The highest BCUT2D eigenvalue weighted by atomic mass is 79.9. The van der Waals surface area contributed by atoms with Crippen LogP contribution in [0.2, 0.25) is 0 Å². The molecule has 2 rings (SSSR count). The number of aromatic nitrogens is 2. The third kappa shape index (κ3) is 4.43. The van der Waals surface area contributed by atoms with Gasteiger partial charge in [-0.1, -0.05) is 15.9 Å². The van der Waals surface area contributed by atoms with E-state index >= 15 is 0 Å². The molecule has 0 saturated heterocycles. The molecule has 5 nitrogen and oxygen atoms in total. The van der Waals surface area contributed by atoms with Crippen LogP contribution in [-0.4, -0.2) is 24.5 Å². The summed E-state index contributed by atoms with van der Waals surface area (Å²) in [6.45, 7) is 1.28. The lowest BCUT2D eigenvalue weighted by Gasteiger charge is -2.07. The largest absolute Gasteiger partial charge is 0.337 e. The molecule has 20 heavy (non-hydrogen) atoms. The molecule has 0 atom stereocenters. The number of rotatable bonds is 7. The number of nitrogens with one attached hydrogen (secondary N) is 1. The summed E-state index contributed by atoms with van der Waals surface area (Å²) < 4.78 is 29.4. The Bertz CT molecular complexity index is 624. The van der Waals surface area contributed by atoms with Crippen LogP contribution < -0.4 is 4.72 Å². The highest BCUT2D eigenvalue weighted by Gasteiger charge is 2.12. The normalized spacial score (nSPS) is 11.7. The lowest BCUT2D eigenvalue weighted by molar-refractivity contribution is 0.566. The number of hydrogen-bond acceptors (Lipinski definition) is 3. The van der Waals surface area contributed by atoms with Gasteiger partial charge < -0.3 is 4.57 Å². The number of hydrogen-bond donors (Lipinski definition) is 1. The van der Waals surface area contributed by atoms with Gasteiger partial charge in [0.25, 0.3) is 0 Å². The van der Waals surface area contributed by atoms with Crippen LogP contribution in [0.4, 0.5) is 0 Å². The topological polar surface area (TPSA) is 64.0 Å². The van der Waals surface area contributed by atoms with Gasteiger partial charge in [-0.05, 0) is 37.1 Å². The third-order valence-corrected chi connectivity index (χ3v) is 4.82. The van der Waals surface area contributed by atoms with Crippen LogP contribution in [0, 0.1) is 0 Å². The van der Waals surface area contributed by atoms with Gasteiger partial charge in [-0.2, -0.15) is 0 Å². The second kappa shape index (κ2) is 7.01. The number of benzene rings is 1. The van der Waals surface area contributed by atoms with Crippen molar-refractivity contribution in [3.05, 3.63) is 47.5 Å². The molecule has 0 aliphatic carbocycles. The molecule has 1 aromatic carbocycles. The van der Waals surface area contributed by atoms with Crippen LogP contribution in [0.1, 0.15) is 12.8 Å². The van der Waals surface area contributed by atoms with E-state index in [0.29, 0.717) is 6.54 Å². The first kappa shape index (κ1) is 15.2. The Kier molecular flexibility index (Phi) is 5.33. The molecular formula is C13H16BrN3O2S. The Morgan fingerprint density at radius 3 is 2.60 bits per heavy atom. The Morgan fingerprint density at radius 2 is 1.95 bits per heavy atom. The van der Waals surface area contributed by atoms with E-state index in [0.717, 1.165) is 23.9 Å². The first-order valence-corrected chi connectivity index (χ1v) is 8.56. The number of aryl methyl sites for hydroxylation is 1. The minimum Gasteiger partial charge on any atom is -0.337 e. The van der Waals surface area contributed by atoms with Crippen LogP contribution in [0.3, 0.4) is 0 Å². The maximum absolute atomic E-state index is 12.0. The lowest BCUT2D eigenvalue weighted by atomic mass is 10.3. The number of sulfonamides is 1. The van der Waals surface area contributed by atoms with Gasteiger partial charge in [-0.15, -0.1) is 0 Å². The first-order valence-electron chi connectivity index (χ1n) is 6.29. The van der Waals surface area contributed by atoms with Crippen molar-refractivity contribution in [1.82, 2.24) is 14.3 Å². The molecule has 1 N–H and O–H groups in total. The Labute approximate surface area is 127 Å². The van der Waals surface area contributed by atoms with Gasteiger partial charge in [0.1, 0.15) is 0 Å². The summed E-state index contributed by atoms with van der Waals surface area (Å²) in [5.74, 6) is 0. The molecular weight excluding hydrogens is 342 g/mol. The van der Waals surface area contributed by atoms with E-state index in [2.05, 4.69) is 25.6 Å². The van der Waals surface area contributed by atoms with E-state index in [9.17, 15) is 8.42 Å². The maximum Gasteiger partial charge on any atom is 0.240 e. The van der Waals surface area contributed by atoms with Crippen molar-refractivity contribution in [3.8, 4) is 0 Å². The van der Waals surface area contributed by atoms with Crippen molar-refractivity contribution in [2.75, 3.05) is 6.54 Å². The zero-order valence-electron chi connectivity index (χ0n) is 10.9. The number of nitrogens with zero attached hydrogens (tertiary/aromatic N) is 2. The van der Waals surface area contributed by atoms with E-state index in [4.69, 9.17) is 0 Å². The molecule has 0 bridgehead atoms. The summed E-state index contributed by atoms with van der Waals surface area (Å²) in [5, 5.41) is 0. The molecule has 0 radical (unpaired) electrons. The number of halogens is 1. The summed E-state index contributed by atoms with van der Waals surface area (Å²) in [4.78, 5) is 4.24. The summed E-state index contributed by atoms with van der Waals surface area (Å²) in [6.07, 6.45) is 7.07. The molecule has 1 aromatic heterocycles. The second-order valence-corrected chi connectivity index (χ2v) is 7.04. The minimum atomic E-state index is -3.40. The Hall–Kier alpha value is -1.18. The van der Waals surface area contributed by atoms with Crippen LogP contribution in [-0.2, 0) is 16.6 Å². The third-order valence-electron chi connectivity index (χ3n) is 2.82. The van der Waals surface area contributed by atoms with Gasteiger partial charge in [0.15, 0.2) is 0 Å². The predicted molar refractivity (Wildman–Crippen MR) is 80.8 cm³/mol. The average molecular weight is 358 g/mol. The van der Waals surface area contributed by atoms with Crippen molar-refractivity contribution in [2.45, 2.75) is 24.3 Å². The number of imidazole rings is 1. The summed E-state index contributed by atoms with van der Waals surface area (Å²) >= 11 is 3.28. The standard InChI is InChI=1S/C13H16BrN3O2S/c14-12-3-5-13(6-4-12)20(18,19)16-7-1-2-9-17-10-8-15-11-17/h3-6,8,10-11,16H,1-2,7,9H2. The van der Waals surface area contributed by atoms with Gasteiger partial charge in [0.05, 0.1) is 11.2 Å². The predicted octanol–water partition coefficient (Wildman–Crippen LogP) is 2.40. The lowest BCUT2D eigenvalue weighted by Crippen LogP contribution is -2.24. The second-order valence-electron chi connectivity index (χ2n) is 4.36. The first-order chi connectivity index (χ1) is 9.58. The molecule has 0 spiro atoms. The van der Waals surface area contributed by atoms with Crippen molar-refractivity contribution in [2.24, 2.45) is 0 Å². The molecule has 0 saturated carbocycles. The van der Waals surface area contributed by atoms with Crippen molar-refractivity contribution < 1.29 is 8.42 Å². The molecule has 7 heteroatoms. The molecule has 2 aromatic rings. The van der Waals surface area contributed by atoms with Gasteiger partial charge in [0.2, 0.25) is 10.0 Å². The van der Waals surface area contributed by atoms with Gasteiger partial charge in [0, 0.05) is 30.0 Å². The van der Waals surface area contributed by atoms with Crippen molar-refractivity contribution in [1.29, 1.82) is 0 Å². The molecule has 0 unspecified atom stereocenters. The zero-order chi connectivity index (χ0) is 14.4. The van der Waals surface area contributed by atoms with Crippen LogP contribution in [0.25, 0.3) is 0 Å². The number of unbranched alkanes of at least 4 members (excludes halogenated alkanes) is 1. The molecule has 0 aliphatic rings. The van der Waals surface area contributed by atoms with Crippen LogP contribution in [0.15, 0.2) is 52.4 Å². The molecule has 0 amide bonds. The van der Waals surface area contributed by atoms with Crippen LogP contribution >= 0.6 is 15.9 Å². The summed E-state index contributed by atoms with van der Waals surface area (Å²) in [7, 11) is -3.40. The monoisotopic (exact) mass is 357 g/mol. The quantitative estimate of drug-likeness (QED) is 0.773. The zero-order valence-corrected chi connectivity index (χ0v) is 13.3. The smallest absolute Gasteiger partial charge is 0.240 e. The molecule has 1 heterocycles. The highest BCUT2D eigenvalue weighted by Crippen LogP contribution is 2.14. The van der Waals surface area contributed by atoms with Gasteiger partial charge in [-0.3, -0.25) is 0 Å². The van der Waals surface area contributed by atoms with E-state index in [1.54, 1.807) is 36.8 Å². The highest BCUT2D eigenvalue weighted by molar-refractivity contribution is 9.10. The summed E-state index contributed by atoms with van der Waals surface area (Å²) in [6, 6.07) is 6.59. The van der Waals surface area contributed by atoms with E-state index < -0.39 is 10.0 Å². The fourth-order valence-electron chi connectivity index (χ4n) is 1.74. The average Bonchev–Trinajstić information content (AvgIpc) is 2.92. The maximum atomic E-state index is 12.0. The Morgan fingerprint density at radius 1 is 1.20 bits per heavy atom. The fraction of sp³-hybridized carbons (Fsp3) is 0.308. The Balaban J connectivity index is 1.76. The van der Waals surface area contributed by atoms with E-state index in [-0.39, 0.29) is 4.90 Å². The minimum absolute atomic E-state index is 0.287. The fourth-order valence-corrected chi connectivity index (χ4v) is 3.08. The van der Waals surface area contributed by atoms with Crippen molar-refractivity contribution >= 4 is 26.0 Å². The van der Waals surface area contributed by atoms with E-state index in [1.165, 1.54) is 0 Å². The summed E-state index contributed by atoms with van der Waals surface area (Å²) in [5.41, 5.74) is 0. The van der Waals surface area contributed by atoms with E-state index in [1.807, 2.05) is 10.8 Å². The van der Waals surface area contributed by atoms with Crippen molar-refractivity contribution in [3.63, 3.8) is 0 Å². The molecule has 108 valence electrons. The molecule has 0 fully saturated rings. The van der Waals surface area contributed by atoms with Crippen LogP contribution in [0.5, 0.6) is 0 Å². The molecule has 0 aliphatic heterocycles. The SMILES string of the molecule is O=S(=O)(NCCCCn1ccnc1)c1ccc(Br)cc1. The van der Waals surface area contributed by atoms with Gasteiger partial charge >= 0.3 is 0 Å².